The van der Waals surface area contributed by atoms with E-state index in [0.29, 0.717) is 6.54 Å². The van der Waals surface area contributed by atoms with Crippen LogP contribution in [0.5, 0.6) is 0 Å². The first kappa shape index (κ1) is 19.6. The fourth-order valence-corrected chi connectivity index (χ4v) is 3.36. The first-order chi connectivity index (χ1) is 13.4. The van der Waals surface area contributed by atoms with E-state index in [0.717, 1.165) is 5.56 Å². The number of amides is 2. The van der Waals surface area contributed by atoms with Crippen LogP contribution in [0.1, 0.15) is 42.2 Å². The molecule has 0 aliphatic carbocycles. The molecule has 2 aromatic rings. The van der Waals surface area contributed by atoms with E-state index in [1.165, 1.54) is 10.9 Å². The maximum absolute atomic E-state index is 12.8. The van der Waals surface area contributed by atoms with E-state index < -0.39 is 11.9 Å². The fourth-order valence-electron chi connectivity index (χ4n) is 3.36. The van der Waals surface area contributed by atoms with Gasteiger partial charge in [0.2, 0.25) is 11.8 Å². The van der Waals surface area contributed by atoms with Gasteiger partial charge in [0.05, 0.1) is 24.8 Å². The van der Waals surface area contributed by atoms with Crippen LogP contribution in [0, 0.1) is 5.92 Å². The zero-order chi connectivity index (χ0) is 20.3. The Bertz CT molecular complexity index is 878. The zero-order valence-electron chi connectivity index (χ0n) is 16.2. The number of benzene rings is 1. The molecule has 1 aromatic carbocycles. The van der Waals surface area contributed by atoms with Gasteiger partial charge in [-0.3, -0.25) is 14.3 Å². The van der Waals surface area contributed by atoms with Crippen molar-refractivity contribution in [2.75, 3.05) is 18.5 Å². The number of esters is 1. The second kappa shape index (κ2) is 8.24. The third-order valence-corrected chi connectivity index (χ3v) is 4.95. The minimum Gasteiger partial charge on any atom is -0.462 e. The summed E-state index contributed by atoms with van der Waals surface area (Å²) in [5.41, 5.74) is 1.21. The van der Waals surface area contributed by atoms with Gasteiger partial charge in [-0.25, -0.2) is 4.79 Å². The van der Waals surface area contributed by atoms with Crippen LogP contribution in [-0.4, -0.2) is 45.6 Å². The Balaban J connectivity index is 1.71. The maximum Gasteiger partial charge on any atom is 0.343 e. The van der Waals surface area contributed by atoms with E-state index in [4.69, 9.17) is 4.74 Å². The molecule has 0 spiro atoms. The lowest BCUT2D eigenvalue weighted by Gasteiger charge is -2.25. The Kier molecular flexibility index (Phi) is 5.77. The van der Waals surface area contributed by atoms with Crippen LogP contribution in [0.2, 0.25) is 0 Å². The molecule has 148 valence electrons. The van der Waals surface area contributed by atoms with E-state index in [-0.39, 0.29) is 42.3 Å². The van der Waals surface area contributed by atoms with Crippen LogP contribution < -0.4 is 5.32 Å². The molecule has 0 radical (unpaired) electrons. The van der Waals surface area contributed by atoms with Gasteiger partial charge >= 0.3 is 5.97 Å². The second-order valence-electron chi connectivity index (χ2n) is 6.77. The van der Waals surface area contributed by atoms with Crippen LogP contribution in [-0.2, 0) is 21.4 Å². The number of carbonyl (C=O) groups excluding carboxylic acids is 3. The Labute approximate surface area is 163 Å². The summed E-state index contributed by atoms with van der Waals surface area (Å²) in [6.07, 6.45) is 1.49. The molecule has 8 nitrogen and oxygen atoms in total. The maximum atomic E-state index is 12.8. The molecule has 1 aromatic heterocycles. The van der Waals surface area contributed by atoms with Crippen LogP contribution in [0.15, 0.2) is 36.5 Å². The molecule has 1 fully saturated rings. The van der Waals surface area contributed by atoms with Crippen molar-refractivity contribution in [1.29, 1.82) is 0 Å². The van der Waals surface area contributed by atoms with Gasteiger partial charge in [0, 0.05) is 20.0 Å². The number of anilines is 1. The van der Waals surface area contributed by atoms with Crippen LogP contribution in [0.3, 0.4) is 0 Å². The Hall–Kier alpha value is -3.16. The number of rotatable bonds is 6. The number of hydrogen-bond acceptors (Lipinski definition) is 5. The van der Waals surface area contributed by atoms with Gasteiger partial charge in [0.15, 0.2) is 0 Å². The average Bonchev–Trinajstić information content (AvgIpc) is 3.25. The fraction of sp³-hybridized carbons (Fsp3) is 0.400. The number of hydrogen-bond donors (Lipinski definition) is 1. The molecule has 28 heavy (non-hydrogen) atoms. The van der Waals surface area contributed by atoms with Gasteiger partial charge in [-0.2, -0.15) is 5.10 Å². The van der Waals surface area contributed by atoms with Crippen molar-refractivity contribution in [2.24, 2.45) is 13.0 Å². The van der Waals surface area contributed by atoms with Crippen molar-refractivity contribution in [2.45, 2.75) is 26.3 Å². The zero-order valence-corrected chi connectivity index (χ0v) is 16.2. The van der Waals surface area contributed by atoms with Crippen molar-refractivity contribution in [3.8, 4) is 0 Å². The van der Waals surface area contributed by atoms with Gasteiger partial charge in [0.25, 0.3) is 0 Å². The molecule has 1 aliphatic rings. The Morgan fingerprint density at radius 2 is 2.04 bits per heavy atom. The van der Waals surface area contributed by atoms with Crippen molar-refractivity contribution < 1.29 is 19.1 Å². The van der Waals surface area contributed by atoms with Crippen molar-refractivity contribution in [3.63, 3.8) is 0 Å². The highest BCUT2D eigenvalue weighted by Crippen LogP contribution is 2.29. The van der Waals surface area contributed by atoms with E-state index in [1.54, 1.807) is 18.9 Å². The number of ether oxygens (including phenoxy) is 1. The normalized spacial score (nSPS) is 17.5. The van der Waals surface area contributed by atoms with E-state index in [2.05, 4.69) is 10.4 Å². The molecule has 2 heterocycles. The van der Waals surface area contributed by atoms with Gasteiger partial charge in [-0.05, 0) is 19.4 Å². The first-order valence-corrected chi connectivity index (χ1v) is 9.26. The first-order valence-electron chi connectivity index (χ1n) is 9.26. The number of likely N-dealkylation sites (tertiary alicyclic amines) is 1. The lowest BCUT2D eigenvalue weighted by molar-refractivity contribution is -0.129. The van der Waals surface area contributed by atoms with Gasteiger partial charge in [-0.15, -0.1) is 0 Å². The number of nitrogens with one attached hydrogen (secondary N) is 1. The molecule has 2 amide bonds. The van der Waals surface area contributed by atoms with Crippen molar-refractivity contribution in [3.05, 3.63) is 47.7 Å². The highest BCUT2D eigenvalue weighted by atomic mass is 16.5. The van der Waals surface area contributed by atoms with E-state index in [1.807, 2.05) is 37.3 Å². The SMILES string of the molecule is CCOC(=O)c1cnn(C)c1NC(=O)C1CC(=O)N(C(C)c2ccccc2)C1. The topological polar surface area (TPSA) is 93.5 Å². The highest BCUT2D eigenvalue weighted by Gasteiger charge is 2.37. The smallest absolute Gasteiger partial charge is 0.343 e. The van der Waals surface area contributed by atoms with Gasteiger partial charge in [-0.1, -0.05) is 30.3 Å². The molecule has 8 heteroatoms. The van der Waals surface area contributed by atoms with Crippen molar-refractivity contribution in [1.82, 2.24) is 14.7 Å². The standard InChI is InChI=1S/C20H24N4O4/c1-4-28-20(27)16-11-21-23(3)18(16)22-19(26)15-10-17(25)24(12-15)13(2)14-8-6-5-7-9-14/h5-9,11,13,15H,4,10,12H2,1-3H3,(H,22,26). The summed E-state index contributed by atoms with van der Waals surface area (Å²) in [6, 6.07) is 9.59. The Morgan fingerprint density at radius 3 is 2.71 bits per heavy atom. The minimum atomic E-state index is -0.548. The summed E-state index contributed by atoms with van der Waals surface area (Å²) in [4.78, 5) is 39.0. The quantitative estimate of drug-likeness (QED) is 0.770. The molecule has 2 atom stereocenters. The summed E-state index contributed by atoms with van der Waals surface area (Å²) >= 11 is 0. The van der Waals surface area contributed by atoms with Crippen LogP contribution in [0.25, 0.3) is 0 Å². The third-order valence-electron chi connectivity index (χ3n) is 4.95. The molecule has 1 N–H and O–H groups in total. The number of carbonyl (C=O) groups is 3. The van der Waals surface area contributed by atoms with Gasteiger partial charge < -0.3 is 15.0 Å². The predicted molar refractivity (Wildman–Crippen MR) is 102 cm³/mol. The average molecular weight is 384 g/mol. The molecule has 2 unspecified atom stereocenters. The number of aromatic nitrogens is 2. The summed E-state index contributed by atoms with van der Waals surface area (Å²) in [7, 11) is 1.63. The molecule has 1 aliphatic heterocycles. The lowest BCUT2D eigenvalue weighted by Crippen LogP contribution is -2.31. The number of nitrogens with zero attached hydrogens (tertiary/aromatic N) is 3. The molecular weight excluding hydrogens is 360 g/mol. The van der Waals surface area contributed by atoms with E-state index >= 15 is 0 Å². The molecule has 0 saturated carbocycles. The predicted octanol–water partition coefficient (Wildman–Crippen LogP) is 2.14. The highest BCUT2D eigenvalue weighted by molar-refractivity contribution is 6.02. The van der Waals surface area contributed by atoms with Gasteiger partial charge in [0.1, 0.15) is 11.4 Å². The summed E-state index contributed by atoms with van der Waals surface area (Å²) in [5, 5.41) is 6.76. The van der Waals surface area contributed by atoms with Crippen LogP contribution in [0.4, 0.5) is 5.82 Å². The Morgan fingerprint density at radius 1 is 1.32 bits per heavy atom. The van der Waals surface area contributed by atoms with E-state index in [9.17, 15) is 14.4 Å². The summed E-state index contributed by atoms with van der Waals surface area (Å²) in [6.45, 7) is 4.21. The monoisotopic (exact) mass is 384 g/mol. The molecular formula is C20H24N4O4. The lowest BCUT2D eigenvalue weighted by atomic mass is 10.1. The molecule has 3 rings (SSSR count). The summed E-state index contributed by atoms with van der Waals surface area (Å²) in [5.74, 6) is -1.15. The third kappa shape index (κ3) is 3.90. The second-order valence-corrected chi connectivity index (χ2v) is 6.77. The molecule has 1 saturated heterocycles. The molecule has 0 bridgehead atoms. The summed E-state index contributed by atoms with van der Waals surface area (Å²) < 4.78 is 6.41. The largest absolute Gasteiger partial charge is 0.462 e. The number of aryl methyl sites for hydroxylation is 1. The minimum absolute atomic E-state index is 0.0628. The van der Waals surface area contributed by atoms with Crippen LogP contribution >= 0.6 is 0 Å². The van der Waals surface area contributed by atoms with Crippen molar-refractivity contribution >= 4 is 23.6 Å².